The van der Waals surface area contributed by atoms with Crippen LogP contribution in [0.4, 0.5) is 0 Å². The summed E-state index contributed by atoms with van der Waals surface area (Å²) < 4.78 is 0. The van der Waals surface area contributed by atoms with Crippen LogP contribution in [0.5, 0.6) is 0 Å². The molecule has 1 rings (SSSR count). The molecule has 0 aromatic rings. The molecule has 0 aromatic heterocycles. The van der Waals surface area contributed by atoms with Crippen LogP contribution in [0.2, 0.25) is 0 Å². The van der Waals surface area contributed by atoms with E-state index in [2.05, 4.69) is 0 Å². The van der Waals surface area contributed by atoms with Crippen LogP contribution in [0.1, 0.15) is 6.92 Å². The fourth-order valence-electron chi connectivity index (χ4n) is 1.84. The highest BCUT2D eigenvalue weighted by molar-refractivity contribution is 4.81. The van der Waals surface area contributed by atoms with Gasteiger partial charge < -0.3 is 20.6 Å². The Labute approximate surface area is 72.2 Å². The van der Waals surface area contributed by atoms with Crippen molar-refractivity contribution in [3.8, 4) is 0 Å². The standard InChI is InChI=1S/C8H17NO3/c1-5-8(12)7(4-11)6(3-10)2-9-5/h5-12H,2-4H2,1H3/p+1. The van der Waals surface area contributed by atoms with Crippen LogP contribution in [0.25, 0.3) is 0 Å². The third kappa shape index (κ3) is 1.77. The summed E-state index contributed by atoms with van der Waals surface area (Å²) in [5, 5.41) is 29.6. The topological polar surface area (TPSA) is 77.3 Å². The summed E-state index contributed by atoms with van der Waals surface area (Å²) in [6, 6.07) is 0.130. The smallest absolute Gasteiger partial charge is 0.111 e. The molecular weight excluding hydrogens is 158 g/mol. The van der Waals surface area contributed by atoms with Crippen molar-refractivity contribution in [3.63, 3.8) is 0 Å². The Bertz CT molecular complexity index is 140. The fraction of sp³-hybridized carbons (Fsp3) is 1.00. The van der Waals surface area contributed by atoms with Gasteiger partial charge in [-0.1, -0.05) is 0 Å². The van der Waals surface area contributed by atoms with Crippen molar-refractivity contribution >= 4 is 0 Å². The van der Waals surface area contributed by atoms with Gasteiger partial charge in [-0.25, -0.2) is 0 Å². The van der Waals surface area contributed by atoms with E-state index in [9.17, 15) is 5.11 Å². The second-order valence-corrected chi connectivity index (χ2v) is 3.61. The molecule has 1 aliphatic heterocycles. The summed E-state index contributed by atoms with van der Waals surface area (Å²) >= 11 is 0. The Kier molecular flexibility index (Phi) is 3.46. The van der Waals surface area contributed by atoms with Crippen LogP contribution >= 0.6 is 0 Å². The molecule has 0 saturated carbocycles. The molecule has 4 atom stereocenters. The first-order chi connectivity index (χ1) is 5.70. The number of piperidine rings is 1. The Morgan fingerprint density at radius 2 is 2.00 bits per heavy atom. The average molecular weight is 176 g/mol. The van der Waals surface area contributed by atoms with E-state index in [4.69, 9.17) is 10.2 Å². The number of nitrogens with two attached hydrogens (primary N) is 1. The lowest BCUT2D eigenvalue weighted by atomic mass is 9.82. The molecular formula is C8H18NO3+. The molecule has 0 aromatic carbocycles. The molecule has 4 heteroatoms. The molecule has 72 valence electrons. The Balaban J connectivity index is 2.58. The van der Waals surface area contributed by atoms with E-state index in [1.54, 1.807) is 0 Å². The summed E-state index contributed by atoms with van der Waals surface area (Å²) in [4.78, 5) is 0. The maximum absolute atomic E-state index is 9.64. The van der Waals surface area contributed by atoms with Crippen molar-refractivity contribution < 1.29 is 20.6 Å². The summed E-state index contributed by atoms with van der Waals surface area (Å²) in [5.41, 5.74) is 0. The SMILES string of the molecule is CC1[NH2+]CC(CO)C(CO)C1O. The van der Waals surface area contributed by atoms with Gasteiger partial charge in [0.2, 0.25) is 0 Å². The van der Waals surface area contributed by atoms with E-state index < -0.39 is 6.10 Å². The third-order valence-electron chi connectivity index (χ3n) is 2.84. The maximum Gasteiger partial charge on any atom is 0.111 e. The number of hydrogen-bond donors (Lipinski definition) is 4. The van der Waals surface area contributed by atoms with E-state index in [1.807, 2.05) is 12.2 Å². The van der Waals surface area contributed by atoms with Gasteiger partial charge in [-0.3, -0.25) is 0 Å². The predicted octanol–water partition coefficient (Wildman–Crippen LogP) is -2.47. The van der Waals surface area contributed by atoms with Crippen LogP contribution in [0, 0.1) is 11.8 Å². The van der Waals surface area contributed by atoms with Gasteiger partial charge in [0.15, 0.2) is 0 Å². The molecule has 1 heterocycles. The first-order valence-corrected chi connectivity index (χ1v) is 4.43. The van der Waals surface area contributed by atoms with E-state index in [0.29, 0.717) is 0 Å². The molecule has 4 unspecified atom stereocenters. The highest BCUT2D eigenvalue weighted by Gasteiger charge is 2.38. The minimum Gasteiger partial charge on any atom is -0.396 e. The van der Waals surface area contributed by atoms with Gasteiger partial charge in [0, 0.05) is 18.4 Å². The number of quaternary nitrogens is 1. The van der Waals surface area contributed by atoms with Crippen molar-refractivity contribution in [1.29, 1.82) is 0 Å². The highest BCUT2D eigenvalue weighted by atomic mass is 16.3. The molecule has 4 nitrogen and oxygen atoms in total. The van der Waals surface area contributed by atoms with Crippen molar-refractivity contribution in [2.75, 3.05) is 19.8 Å². The number of aliphatic hydroxyl groups is 3. The summed E-state index contributed by atoms with van der Waals surface area (Å²) in [7, 11) is 0. The van der Waals surface area contributed by atoms with Crippen LogP contribution in [-0.2, 0) is 0 Å². The minimum absolute atomic E-state index is 0.0289. The van der Waals surface area contributed by atoms with Crippen molar-refractivity contribution in [2.45, 2.75) is 19.1 Å². The quantitative estimate of drug-likeness (QED) is 0.376. The van der Waals surface area contributed by atoms with Gasteiger partial charge in [0.25, 0.3) is 0 Å². The van der Waals surface area contributed by atoms with Gasteiger partial charge in [-0.05, 0) is 6.92 Å². The Hall–Kier alpha value is -0.160. The number of aliphatic hydroxyl groups excluding tert-OH is 3. The second kappa shape index (κ2) is 4.18. The first kappa shape index (κ1) is 9.92. The normalized spacial score (nSPS) is 43.0. The zero-order valence-corrected chi connectivity index (χ0v) is 7.35. The van der Waals surface area contributed by atoms with Gasteiger partial charge >= 0.3 is 0 Å². The summed E-state index contributed by atoms with van der Waals surface area (Å²) in [6.45, 7) is 2.73. The number of rotatable bonds is 2. The maximum atomic E-state index is 9.64. The molecule has 1 saturated heterocycles. The lowest BCUT2D eigenvalue weighted by Gasteiger charge is -2.35. The van der Waals surface area contributed by atoms with Gasteiger partial charge in [-0.2, -0.15) is 0 Å². The minimum atomic E-state index is -0.499. The molecule has 1 aliphatic rings. The molecule has 0 bridgehead atoms. The molecule has 0 radical (unpaired) electrons. The number of hydrogen-bond acceptors (Lipinski definition) is 3. The van der Waals surface area contributed by atoms with Gasteiger partial charge in [-0.15, -0.1) is 0 Å². The third-order valence-corrected chi connectivity index (χ3v) is 2.84. The highest BCUT2D eigenvalue weighted by Crippen LogP contribution is 2.18. The molecule has 0 spiro atoms. The van der Waals surface area contributed by atoms with E-state index in [1.165, 1.54) is 0 Å². The van der Waals surface area contributed by atoms with Crippen molar-refractivity contribution in [2.24, 2.45) is 11.8 Å². The zero-order valence-electron chi connectivity index (χ0n) is 7.35. The van der Waals surface area contributed by atoms with Gasteiger partial charge in [0.1, 0.15) is 12.1 Å². The summed E-state index contributed by atoms with van der Waals surface area (Å²) in [5.74, 6) is -0.129. The van der Waals surface area contributed by atoms with Crippen LogP contribution in [0.3, 0.4) is 0 Å². The molecule has 12 heavy (non-hydrogen) atoms. The molecule has 0 aliphatic carbocycles. The molecule has 0 amide bonds. The van der Waals surface area contributed by atoms with Crippen LogP contribution in [-0.4, -0.2) is 47.2 Å². The van der Waals surface area contributed by atoms with E-state index in [0.717, 1.165) is 6.54 Å². The van der Waals surface area contributed by atoms with Gasteiger partial charge in [0.05, 0.1) is 13.2 Å². The van der Waals surface area contributed by atoms with Crippen molar-refractivity contribution in [3.05, 3.63) is 0 Å². The zero-order chi connectivity index (χ0) is 9.14. The second-order valence-electron chi connectivity index (χ2n) is 3.61. The largest absolute Gasteiger partial charge is 0.396 e. The average Bonchev–Trinajstić information content (AvgIpc) is 2.09. The Morgan fingerprint density at radius 1 is 1.33 bits per heavy atom. The Morgan fingerprint density at radius 3 is 2.50 bits per heavy atom. The molecule has 1 fully saturated rings. The lowest BCUT2D eigenvalue weighted by Crippen LogP contribution is -2.96. The van der Waals surface area contributed by atoms with Crippen LogP contribution in [0.15, 0.2) is 0 Å². The fourth-order valence-corrected chi connectivity index (χ4v) is 1.84. The summed E-state index contributed by atoms with van der Waals surface area (Å²) in [6.07, 6.45) is -0.499. The first-order valence-electron chi connectivity index (χ1n) is 4.43. The van der Waals surface area contributed by atoms with E-state index >= 15 is 0 Å². The predicted molar refractivity (Wildman–Crippen MR) is 43.4 cm³/mol. The monoisotopic (exact) mass is 176 g/mol. The lowest BCUT2D eigenvalue weighted by molar-refractivity contribution is -0.712. The van der Waals surface area contributed by atoms with E-state index in [-0.39, 0.29) is 31.1 Å². The van der Waals surface area contributed by atoms with Crippen LogP contribution < -0.4 is 5.32 Å². The van der Waals surface area contributed by atoms with Crippen molar-refractivity contribution in [1.82, 2.24) is 0 Å². The molecule has 5 N–H and O–H groups in total.